The zero-order valence-electron chi connectivity index (χ0n) is 18.4. The molecule has 0 saturated carbocycles. The van der Waals surface area contributed by atoms with Gasteiger partial charge in [-0.15, -0.1) is 0 Å². The van der Waals surface area contributed by atoms with Crippen LogP contribution in [0, 0.1) is 0 Å². The molecule has 3 aromatic carbocycles. The fraction of sp³-hybridized carbons (Fsp3) is 0.0769. The smallest absolute Gasteiger partial charge is 0.226 e. The summed E-state index contributed by atoms with van der Waals surface area (Å²) in [4.78, 5) is 8.81. The number of benzene rings is 3. The molecule has 0 atom stereocenters. The summed E-state index contributed by atoms with van der Waals surface area (Å²) in [5.74, 6) is 2.67. The van der Waals surface area contributed by atoms with Crippen molar-refractivity contribution in [2.75, 3.05) is 0 Å². The molecule has 0 unspecified atom stereocenters. The van der Waals surface area contributed by atoms with Crippen molar-refractivity contribution in [1.29, 1.82) is 0 Å². The lowest BCUT2D eigenvalue weighted by Gasteiger charge is -1.99. The van der Waals surface area contributed by atoms with E-state index in [2.05, 4.69) is 9.97 Å². The van der Waals surface area contributed by atoms with Crippen LogP contribution in [0.15, 0.2) is 106 Å². The number of oxazole rings is 2. The van der Waals surface area contributed by atoms with Crippen molar-refractivity contribution in [2.24, 2.45) is 0 Å². The van der Waals surface area contributed by atoms with E-state index in [9.17, 15) is 0 Å². The monoisotopic (exact) mass is 600 g/mol. The van der Waals surface area contributed by atoms with Crippen molar-refractivity contribution in [3.8, 4) is 45.6 Å². The van der Waals surface area contributed by atoms with Crippen molar-refractivity contribution < 1.29 is 8.83 Å². The summed E-state index contributed by atoms with van der Waals surface area (Å²) in [6, 6.07) is 27.7. The molecule has 0 spiro atoms. The van der Waals surface area contributed by atoms with Gasteiger partial charge in [0.1, 0.15) is 0 Å². The molecule has 2 aromatic heterocycles. The van der Waals surface area contributed by atoms with E-state index in [0.29, 0.717) is 11.8 Å². The number of nitrogens with zero attached hydrogens (tertiary/aromatic N) is 2. The number of halogens is 6. The highest BCUT2D eigenvalue weighted by Gasteiger charge is 2.11. The third-order valence-electron chi connectivity index (χ3n) is 4.51. The average Bonchev–Trinajstić information content (AvgIpc) is 3.55. The minimum atomic E-state index is -0.750. The van der Waals surface area contributed by atoms with Crippen LogP contribution in [0.5, 0.6) is 0 Å². The summed E-state index contributed by atoms with van der Waals surface area (Å²) < 4.78 is 10.3. The third-order valence-corrected chi connectivity index (χ3v) is 4.51. The fourth-order valence-corrected chi connectivity index (χ4v) is 3.04. The standard InChI is InChI=1S/C24H16N2O2.2CHCl3/c1-3-7-17(8-4-1)21-15-25-23(27-21)19-11-13-20(14-12-19)24-26-16-22(28-24)18-9-5-2-6-10-18;2*2-1(3)4/h1-16H;2*1H. The summed E-state index contributed by atoms with van der Waals surface area (Å²) in [5, 5.41) is 0. The zero-order valence-corrected chi connectivity index (χ0v) is 22.9. The molecule has 4 nitrogen and oxygen atoms in total. The normalized spacial score (nSPS) is 10.4. The molecule has 0 radical (unpaired) electrons. The molecule has 186 valence electrons. The number of hydrogen-bond acceptors (Lipinski definition) is 4. The first-order valence-electron chi connectivity index (χ1n) is 10.3. The maximum absolute atomic E-state index is 5.91. The van der Waals surface area contributed by atoms with Crippen molar-refractivity contribution in [1.82, 2.24) is 9.97 Å². The molecule has 10 heteroatoms. The minimum Gasteiger partial charge on any atom is -0.436 e. The number of hydrogen-bond donors (Lipinski definition) is 0. The number of aromatic nitrogens is 2. The molecule has 0 saturated heterocycles. The van der Waals surface area contributed by atoms with Gasteiger partial charge in [-0.1, -0.05) is 130 Å². The maximum Gasteiger partial charge on any atom is 0.226 e. The van der Waals surface area contributed by atoms with Gasteiger partial charge in [-0.2, -0.15) is 0 Å². The van der Waals surface area contributed by atoms with Crippen LogP contribution in [-0.2, 0) is 0 Å². The lowest BCUT2D eigenvalue weighted by atomic mass is 10.1. The molecule has 5 aromatic rings. The predicted molar refractivity (Wildman–Crippen MR) is 151 cm³/mol. The first-order valence-corrected chi connectivity index (χ1v) is 12.9. The first kappa shape index (κ1) is 28.4. The second kappa shape index (κ2) is 14.5. The van der Waals surface area contributed by atoms with E-state index in [1.165, 1.54) is 0 Å². The van der Waals surface area contributed by atoms with Gasteiger partial charge in [0.2, 0.25) is 11.8 Å². The van der Waals surface area contributed by atoms with Crippen LogP contribution in [-0.4, -0.2) is 18.6 Å². The molecule has 0 aliphatic carbocycles. The molecule has 0 aliphatic rings. The molecule has 36 heavy (non-hydrogen) atoms. The van der Waals surface area contributed by atoms with Gasteiger partial charge in [0.05, 0.1) is 12.4 Å². The first-order chi connectivity index (χ1) is 17.3. The maximum atomic E-state index is 5.91. The summed E-state index contributed by atoms with van der Waals surface area (Å²) in [6.45, 7) is 0. The molecule has 0 fully saturated rings. The average molecular weight is 603 g/mol. The summed E-state index contributed by atoms with van der Waals surface area (Å²) in [7, 11) is 0. The Labute approximate surface area is 238 Å². The Bertz CT molecular complexity index is 1200. The van der Waals surface area contributed by atoms with Gasteiger partial charge < -0.3 is 8.83 Å². The number of rotatable bonds is 4. The molecule has 5 rings (SSSR count). The van der Waals surface area contributed by atoms with Crippen LogP contribution in [0.25, 0.3) is 45.6 Å². The quantitative estimate of drug-likeness (QED) is 0.192. The van der Waals surface area contributed by atoms with Crippen molar-refractivity contribution in [3.05, 3.63) is 97.3 Å². The Morgan fingerprint density at radius 1 is 0.444 bits per heavy atom. The van der Waals surface area contributed by atoms with Crippen LogP contribution < -0.4 is 0 Å². The molecular weight excluding hydrogens is 585 g/mol. The van der Waals surface area contributed by atoms with Gasteiger partial charge in [-0.3, -0.25) is 0 Å². The van der Waals surface area contributed by atoms with Gasteiger partial charge in [-0.05, 0) is 24.3 Å². The van der Waals surface area contributed by atoms with Crippen molar-refractivity contribution in [3.63, 3.8) is 0 Å². The van der Waals surface area contributed by atoms with E-state index < -0.39 is 8.59 Å². The molecule has 0 amide bonds. The molecular formula is C26H18Cl6N2O2. The van der Waals surface area contributed by atoms with Gasteiger partial charge in [0.25, 0.3) is 0 Å². The topological polar surface area (TPSA) is 52.1 Å². The minimum absolute atomic E-state index is 0.586. The molecule has 2 heterocycles. The summed E-state index contributed by atoms with van der Waals surface area (Å²) in [5.41, 5.74) is 3.82. The van der Waals surface area contributed by atoms with Crippen LogP contribution in [0.1, 0.15) is 0 Å². The molecule has 0 N–H and O–H groups in total. The van der Waals surface area contributed by atoms with Gasteiger partial charge in [0, 0.05) is 22.3 Å². The Kier molecular flexibility index (Phi) is 11.5. The van der Waals surface area contributed by atoms with Crippen molar-refractivity contribution in [2.45, 2.75) is 8.59 Å². The highest BCUT2D eigenvalue weighted by Crippen LogP contribution is 2.29. The Morgan fingerprint density at radius 3 is 1.06 bits per heavy atom. The predicted octanol–water partition coefficient (Wildman–Crippen LogP) is 10.3. The van der Waals surface area contributed by atoms with Crippen LogP contribution >= 0.6 is 69.6 Å². The number of alkyl halides is 6. The van der Waals surface area contributed by atoms with E-state index in [-0.39, 0.29) is 0 Å². The SMILES string of the molecule is ClC(Cl)Cl.ClC(Cl)Cl.c1ccc(-c2cnc(-c3ccc(-c4ncc(-c5ccccc5)o4)cc3)o2)cc1. The molecule has 0 bridgehead atoms. The molecule has 0 aliphatic heterocycles. The van der Waals surface area contributed by atoms with Crippen molar-refractivity contribution >= 4 is 69.6 Å². The van der Waals surface area contributed by atoms with Gasteiger partial charge in [-0.25, -0.2) is 9.97 Å². The van der Waals surface area contributed by atoms with E-state index in [4.69, 9.17) is 78.4 Å². The van der Waals surface area contributed by atoms with Crippen LogP contribution in [0.4, 0.5) is 0 Å². The van der Waals surface area contributed by atoms with Crippen LogP contribution in [0.2, 0.25) is 0 Å². The van der Waals surface area contributed by atoms with E-state index in [1.807, 2.05) is 84.9 Å². The summed E-state index contributed by atoms with van der Waals surface area (Å²) in [6.07, 6.45) is 3.50. The Morgan fingerprint density at radius 2 is 0.750 bits per heavy atom. The highest BCUT2D eigenvalue weighted by atomic mass is 35.6. The fourth-order valence-electron chi connectivity index (χ4n) is 3.04. The largest absolute Gasteiger partial charge is 0.436 e. The Balaban J connectivity index is 0.000000398. The van der Waals surface area contributed by atoms with E-state index in [0.717, 1.165) is 33.8 Å². The van der Waals surface area contributed by atoms with E-state index >= 15 is 0 Å². The zero-order chi connectivity index (χ0) is 25.9. The van der Waals surface area contributed by atoms with Crippen LogP contribution in [0.3, 0.4) is 0 Å². The lowest BCUT2D eigenvalue weighted by molar-refractivity contribution is 0.587. The lowest BCUT2D eigenvalue weighted by Crippen LogP contribution is -1.80. The second-order valence-electron chi connectivity index (χ2n) is 6.86. The highest BCUT2D eigenvalue weighted by molar-refractivity contribution is 6.63. The summed E-state index contributed by atoms with van der Waals surface area (Å²) >= 11 is 28.8. The van der Waals surface area contributed by atoms with Gasteiger partial charge in [0.15, 0.2) is 20.1 Å². The van der Waals surface area contributed by atoms with Gasteiger partial charge >= 0.3 is 0 Å². The Hall–Kier alpha value is -2.18. The third kappa shape index (κ3) is 9.04. The van der Waals surface area contributed by atoms with E-state index in [1.54, 1.807) is 12.4 Å². The second-order valence-corrected chi connectivity index (χ2v) is 10.8.